The number of benzene rings is 1. The van der Waals surface area contributed by atoms with E-state index < -0.39 is 23.8 Å². The molecule has 1 fully saturated rings. The number of carbonyl (C=O) groups is 1. The number of carboxylic acid groups (broad SMARTS) is 1. The molecule has 2 rings (SSSR count). The van der Waals surface area contributed by atoms with Crippen LogP contribution in [-0.2, 0) is 11.0 Å². The van der Waals surface area contributed by atoms with Crippen LogP contribution in [0, 0.1) is 0 Å². The summed E-state index contributed by atoms with van der Waals surface area (Å²) in [4.78, 5) is 14.9. The zero-order valence-electron chi connectivity index (χ0n) is 12.3. The van der Waals surface area contributed by atoms with Gasteiger partial charge in [-0.25, -0.2) is 0 Å². The molecule has 0 aliphatic carbocycles. The summed E-state index contributed by atoms with van der Waals surface area (Å²) >= 11 is 0. The Morgan fingerprint density at radius 2 is 1.91 bits per heavy atom. The summed E-state index contributed by atoms with van der Waals surface area (Å²) in [5.74, 6) is -0.852. The van der Waals surface area contributed by atoms with Crippen molar-refractivity contribution in [2.75, 3.05) is 31.1 Å². The fourth-order valence-corrected chi connectivity index (χ4v) is 2.76. The van der Waals surface area contributed by atoms with Crippen molar-refractivity contribution < 1.29 is 23.1 Å². The van der Waals surface area contributed by atoms with Crippen molar-refractivity contribution in [3.63, 3.8) is 0 Å². The summed E-state index contributed by atoms with van der Waals surface area (Å²) < 4.78 is 38.2. The fourth-order valence-electron chi connectivity index (χ4n) is 2.76. The SMILES string of the molecule is CC[C@H](C(=O)O)N1CCN(c2cccc(C(F)(F)F)c2)CC1. The van der Waals surface area contributed by atoms with Gasteiger partial charge >= 0.3 is 12.1 Å². The van der Waals surface area contributed by atoms with Gasteiger partial charge in [0.05, 0.1) is 5.56 Å². The van der Waals surface area contributed by atoms with Crippen molar-refractivity contribution in [1.82, 2.24) is 4.90 Å². The number of alkyl halides is 3. The predicted molar refractivity (Wildman–Crippen MR) is 76.9 cm³/mol. The number of rotatable bonds is 4. The van der Waals surface area contributed by atoms with Crippen LogP contribution in [0.1, 0.15) is 18.9 Å². The van der Waals surface area contributed by atoms with Crippen LogP contribution in [0.25, 0.3) is 0 Å². The highest BCUT2D eigenvalue weighted by atomic mass is 19.4. The number of anilines is 1. The highest BCUT2D eigenvalue weighted by Crippen LogP contribution is 2.31. The number of hydrogen-bond acceptors (Lipinski definition) is 3. The maximum atomic E-state index is 12.7. The quantitative estimate of drug-likeness (QED) is 0.927. The van der Waals surface area contributed by atoms with Crippen LogP contribution >= 0.6 is 0 Å². The van der Waals surface area contributed by atoms with Crippen molar-refractivity contribution in [2.24, 2.45) is 0 Å². The van der Waals surface area contributed by atoms with Crippen molar-refractivity contribution in [3.8, 4) is 0 Å². The largest absolute Gasteiger partial charge is 0.480 e. The molecule has 1 aliphatic heterocycles. The molecule has 0 saturated carbocycles. The molecule has 0 radical (unpaired) electrons. The van der Waals surface area contributed by atoms with Crippen LogP contribution in [-0.4, -0.2) is 48.2 Å². The number of aliphatic carboxylic acids is 1. The maximum Gasteiger partial charge on any atom is 0.416 e. The van der Waals surface area contributed by atoms with Crippen LogP contribution in [0.15, 0.2) is 24.3 Å². The van der Waals surface area contributed by atoms with E-state index in [2.05, 4.69) is 0 Å². The highest BCUT2D eigenvalue weighted by Gasteiger charge is 2.32. The van der Waals surface area contributed by atoms with Gasteiger partial charge < -0.3 is 10.0 Å². The van der Waals surface area contributed by atoms with Crippen molar-refractivity contribution in [1.29, 1.82) is 0 Å². The third-order valence-corrected chi connectivity index (χ3v) is 3.97. The zero-order valence-corrected chi connectivity index (χ0v) is 12.3. The molecule has 122 valence electrons. The van der Waals surface area contributed by atoms with Gasteiger partial charge in [0.2, 0.25) is 0 Å². The highest BCUT2D eigenvalue weighted by molar-refractivity contribution is 5.73. The summed E-state index contributed by atoms with van der Waals surface area (Å²) in [5, 5.41) is 9.15. The lowest BCUT2D eigenvalue weighted by atomic mass is 10.1. The van der Waals surface area contributed by atoms with Crippen LogP contribution < -0.4 is 4.90 Å². The standard InChI is InChI=1S/C15H19F3N2O2/c1-2-13(14(21)22)20-8-6-19(7-9-20)12-5-3-4-11(10-12)15(16,17)18/h3-5,10,13H,2,6-9H2,1H3,(H,21,22)/t13-/m1/s1. The Labute approximate surface area is 127 Å². The lowest BCUT2D eigenvalue weighted by molar-refractivity contribution is -0.143. The molecule has 0 amide bonds. The van der Waals surface area contributed by atoms with Gasteiger partial charge in [0.1, 0.15) is 6.04 Å². The molecule has 1 aliphatic rings. The van der Waals surface area contributed by atoms with E-state index in [9.17, 15) is 18.0 Å². The monoisotopic (exact) mass is 316 g/mol. The van der Waals surface area contributed by atoms with E-state index in [0.29, 0.717) is 38.3 Å². The predicted octanol–water partition coefficient (Wildman–Crippen LogP) is 2.69. The molecule has 1 heterocycles. The minimum Gasteiger partial charge on any atom is -0.480 e. The lowest BCUT2D eigenvalue weighted by Crippen LogP contribution is -2.52. The first-order valence-corrected chi connectivity index (χ1v) is 7.22. The van der Waals surface area contributed by atoms with E-state index in [1.165, 1.54) is 6.07 Å². The van der Waals surface area contributed by atoms with Crippen LogP contribution in [0.2, 0.25) is 0 Å². The molecule has 0 spiro atoms. The topological polar surface area (TPSA) is 43.8 Å². The van der Waals surface area contributed by atoms with Crippen molar-refractivity contribution >= 4 is 11.7 Å². The summed E-state index contributed by atoms with van der Waals surface area (Å²) in [7, 11) is 0. The average molecular weight is 316 g/mol. The summed E-state index contributed by atoms with van der Waals surface area (Å²) in [5.41, 5.74) is -0.137. The molecule has 0 bridgehead atoms. The van der Waals surface area contributed by atoms with Gasteiger partial charge in [-0.2, -0.15) is 13.2 Å². The lowest BCUT2D eigenvalue weighted by Gasteiger charge is -2.38. The number of piperazine rings is 1. The molecule has 4 nitrogen and oxygen atoms in total. The molecule has 1 aromatic carbocycles. The van der Waals surface area contributed by atoms with E-state index in [-0.39, 0.29) is 0 Å². The molecule has 1 N–H and O–H groups in total. The van der Waals surface area contributed by atoms with E-state index in [1.54, 1.807) is 6.07 Å². The Balaban J connectivity index is 2.04. The Morgan fingerprint density at radius 1 is 1.27 bits per heavy atom. The number of nitrogens with zero attached hydrogens (tertiary/aromatic N) is 2. The molecular weight excluding hydrogens is 297 g/mol. The molecule has 1 saturated heterocycles. The number of carboxylic acids is 1. The summed E-state index contributed by atoms with van der Waals surface area (Å²) in [6, 6.07) is 4.72. The summed E-state index contributed by atoms with van der Waals surface area (Å²) in [6.45, 7) is 3.91. The average Bonchev–Trinajstić information content (AvgIpc) is 2.47. The first-order valence-electron chi connectivity index (χ1n) is 7.22. The van der Waals surface area contributed by atoms with Gasteiger partial charge in [-0.15, -0.1) is 0 Å². The number of halogens is 3. The fraction of sp³-hybridized carbons (Fsp3) is 0.533. The number of hydrogen-bond donors (Lipinski definition) is 1. The third-order valence-electron chi connectivity index (χ3n) is 3.97. The molecule has 0 unspecified atom stereocenters. The Morgan fingerprint density at radius 3 is 2.41 bits per heavy atom. The first-order chi connectivity index (χ1) is 10.3. The first kappa shape index (κ1) is 16.6. The molecule has 7 heteroatoms. The van der Waals surface area contributed by atoms with Crippen LogP contribution in [0.5, 0.6) is 0 Å². The molecule has 1 aromatic rings. The van der Waals surface area contributed by atoms with E-state index >= 15 is 0 Å². The van der Waals surface area contributed by atoms with Gasteiger partial charge in [0.15, 0.2) is 0 Å². The molecular formula is C15H19F3N2O2. The van der Waals surface area contributed by atoms with Crippen LogP contribution in [0.4, 0.5) is 18.9 Å². The summed E-state index contributed by atoms with van der Waals surface area (Å²) in [6.07, 6.45) is -3.84. The molecule has 22 heavy (non-hydrogen) atoms. The second kappa shape index (κ2) is 6.56. The van der Waals surface area contributed by atoms with E-state index in [1.807, 2.05) is 16.7 Å². The van der Waals surface area contributed by atoms with Crippen molar-refractivity contribution in [2.45, 2.75) is 25.6 Å². The van der Waals surface area contributed by atoms with Gasteiger partial charge in [-0.1, -0.05) is 13.0 Å². The normalized spacial score (nSPS) is 18.3. The van der Waals surface area contributed by atoms with Gasteiger partial charge in [-0.05, 0) is 24.6 Å². The second-order valence-electron chi connectivity index (χ2n) is 5.33. The third kappa shape index (κ3) is 3.71. The minimum absolute atomic E-state index is 0.513. The Kier molecular flexibility index (Phi) is 4.95. The Hall–Kier alpha value is -1.76. The van der Waals surface area contributed by atoms with Crippen LogP contribution in [0.3, 0.4) is 0 Å². The zero-order chi connectivity index (χ0) is 16.3. The van der Waals surface area contributed by atoms with Gasteiger partial charge in [-0.3, -0.25) is 9.69 Å². The smallest absolute Gasteiger partial charge is 0.416 e. The van der Waals surface area contributed by atoms with Crippen molar-refractivity contribution in [3.05, 3.63) is 29.8 Å². The second-order valence-corrected chi connectivity index (χ2v) is 5.33. The molecule has 0 aromatic heterocycles. The maximum absolute atomic E-state index is 12.7. The van der Waals surface area contributed by atoms with Gasteiger partial charge in [0.25, 0.3) is 0 Å². The molecule has 1 atom stereocenters. The van der Waals surface area contributed by atoms with E-state index in [4.69, 9.17) is 5.11 Å². The van der Waals surface area contributed by atoms with E-state index in [0.717, 1.165) is 12.1 Å². The Bertz CT molecular complexity index is 526. The van der Waals surface area contributed by atoms with Gasteiger partial charge in [0, 0.05) is 31.9 Å². The minimum atomic E-state index is -4.35.